The first-order valence-corrected chi connectivity index (χ1v) is 8.36. The number of carbonyl (C=O) groups is 1. The molecule has 0 spiro atoms. The number of nitrogens with one attached hydrogen (secondary N) is 1. The molecule has 0 radical (unpaired) electrons. The molecule has 1 N–H and O–H groups in total. The van der Waals surface area contributed by atoms with E-state index in [0.29, 0.717) is 18.1 Å². The molecular weight excluding hydrogens is 331 g/mol. The number of carbonyl (C=O) groups excluding carboxylic acids is 1. The molecule has 0 atom stereocenters. The monoisotopic (exact) mass is 352 g/mol. The van der Waals surface area contributed by atoms with Gasteiger partial charge in [-0.1, -0.05) is 30.3 Å². The van der Waals surface area contributed by atoms with Gasteiger partial charge in [0, 0.05) is 12.6 Å². The second kappa shape index (κ2) is 7.93. The molecule has 6 heteroatoms. The Labute approximate surface area is 152 Å². The zero-order chi connectivity index (χ0) is 18.5. The fraction of sp³-hybridized carbons (Fsp3) is 0.200. The highest BCUT2D eigenvalue weighted by atomic mass is 19.1. The summed E-state index contributed by atoms with van der Waals surface area (Å²) >= 11 is 0. The maximum Gasteiger partial charge on any atom is 0.239 e. The molecule has 3 rings (SSSR count). The molecule has 5 nitrogen and oxygen atoms in total. The van der Waals surface area contributed by atoms with E-state index in [1.165, 1.54) is 12.1 Å². The van der Waals surface area contributed by atoms with Crippen LogP contribution < -0.4 is 5.32 Å². The Morgan fingerprint density at radius 1 is 1.15 bits per heavy atom. The van der Waals surface area contributed by atoms with Gasteiger partial charge in [-0.05, 0) is 43.8 Å². The summed E-state index contributed by atoms with van der Waals surface area (Å²) in [5.41, 5.74) is 2.60. The van der Waals surface area contributed by atoms with Crippen LogP contribution in [0.5, 0.6) is 0 Å². The third-order valence-corrected chi connectivity index (χ3v) is 3.88. The van der Waals surface area contributed by atoms with Crippen molar-refractivity contribution in [3.05, 3.63) is 77.7 Å². The molecule has 0 aliphatic rings. The van der Waals surface area contributed by atoms with E-state index in [0.717, 1.165) is 11.3 Å². The van der Waals surface area contributed by atoms with Gasteiger partial charge in [-0.25, -0.2) is 9.07 Å². The number of amides is 1. The van der Waals surface area contributed by atoms with Crippen molar-refractivity contribution < 1.29 is 9.18 Å². The van der Waals surface area contributed by atoms with Crippen molar-refractivity contribution >= 4 is 11.7 Å². The highest BCUT2D eigenvalue weighted by Gasteiger charge is 2.13. The van der Waals surface area contributed by atoms with Crippen molar-refractivity contribution in [2.75, 3.05) is 18.9 Å². The standard InChI is InChI=1S/C20H21FN4O/c1-15-12-19(25(23-15)18-10-8-17(21)9-11-18)22-20(26)14-24(2)13-16-6-4-3-5-7-16/h3-12H,13-14H2,1-2H3,(H,22,26). The number of aryl methyl sites for hydroxylation is 1. The van der Waals surface area contributed by atoms with Crippen molar-refractivity contribution in [2.24, 2.45) is 0 Å². The summed E-state index contributed by atoms with van der Waals surface area (Å²) in [7, 11) is 1.90. The molecule has 0 saturated carbocycles. The topological polar surface area (TPSA) is 50.2 Å². The van der Waals surface area contributed by atoms with E-state index < -0.39 is 0 Å². The lowest BCUT2D eigenvalue weighted by Gasteiger charge is -2.16. The Morgan fingerprint density at radius 2 is 1.85 bits per heavy atom. The second-order valence-electron chi connectivity index (χ2n) is 6.27. The summed E-state index contributed by atoms with van der Waals surface area (Å²) < 4.78 is 14.7. The number of benzene rings is 2. The van der Waals surface area contributed by atoms with E-state index in [4.69, 9.17) is 0 Å². The number of hydrogen-bond donors (Lipinski definition) is 1. The van der Waals surface area contributed by atoms with Crippen LogP contribution in [0.3, 0.4) is 0 Å². The average molecular weight is 352 g/mol. The third-order valence-electron chi connectivity index (χ3n) is 3.88. The van der Waals surface area contributed by atoms with Gasteiger partial charge in [0.25, 0.3) is 0 Å². The molecule has 1 amide bonds. The number of rotatable bonds is 6. The quantitative estimate of drug-likeness (QED) is 0.740. The van der Waals surface area contributed by atoms with E-state index in [1.54, 1.807) is 22.9 Å². The van der Waals surface area contributed by atoms with Crippen LogP contribution in [-0.2, 0) is 11.3 Å². The van der Waals surface area contributed by atoms with Gasteiger partial charge in [-0.3, -0.25) is 9.69 Å². The molecule has 2 aromatic carbocycles. The summed E-state index contributed by atoms with van der Waals surface area (Å²) in [6.07, 6.45) is 0. The molecule has 0 saturated heterocycles. The summed E-state index contributed by atoms with van der Waals surface area (Å²) in [4.78, 5) is 14.3. The number of anilines is 1. The molecule has 0 fully saturated rings. The zero-order valence-corrected chi connectivity index (χ0v) is 14.8. The number of aromatic nitrogens is 2. The molecule has 1 heterocycles. The first-order valence-electron chi connectivity index (χ1n) is 8.36. The lowest BCUT2D eigenvalue weighted by atomic mass is 10.2. The van der Waals surface area contributed by atoms with Crippen molar-refractivity contribution in [3.63, 3.8) is 0 Å². The lowest BCUT2D eigenvalue weighted by molar-refractivity contribution is -0.117. The van der Waals surface area contributed by atoms with Crippen molar-refractivity contribution in [1.29, 1.82) is 0 Å². The lowest BCUT2D eigenvalue weighted by Crippen LogP contribution is -2.30. The van der Waals surface area contributed by atoms with Gasteiger partial charge in [0.1, 0.15) is 11.6 Å². The summed E-state index contributed by atoms with van der Waals surface area (Å²) in [6, 6.07) is 17.8. The van der Waals surface area contributed by atoms with Gasteiger partial charge in [0.05, 0.1) is 17.9 Å². The molecular formula is C20H21FN4O. The van der Waals surface area contributed by atoms with Crippen LogP contribution in [0.2, 0.25) is 0 Å². The molecule has 0 unspecified atom stereocenters. The average Bonchev–Trinajstić information content (AvgIpc) is 2.96. The number of hydrogen-bond acceptors (Lipinski definition) is 3. The van der Waals surface area contributed by atoms with E-state index in [1.807, 2.05) is 49.2 Å². The molecule has 0 aliphatic heterocycles. The van der Waals surface area contributed by atoms with Crippen LogP contribution in [0, 0.1) is 12.7 Å². The summed E-state index contributed by atoms with van der Waals surface area (Å²) in [5, 5.41) is 7.26. The van der Waals surface area contributed by atoms with E-state index in [9.17, 15) is 9.18 Å². The largest absolute Gasteiger partial charge is 0.309 e. The molecule has 134 valence electrons. The van der Waals surface area contributed by atoms with Gasteiger partial charge < -0.3 is 5.32 Å². The van der Waals surface area contributed by atoms with Crippen molar-refractivity contribution in [1.82, 2.24) is 14.7 Å². The van der Waals surface area contributed by atoms with Crippen LogP contribution >= 0.6 is 0 Å². The van der Waals surface area contributed by atoms with Crippen LogP contribution in [0.1, 0.15) is 11.3 Å². The number of nitrogens with zero attached hydrogens (tertiary/aromatic N) is 3. The second-order valence-corrected chi connectivity index (χ2v) is 6.27. The number of halogens is 1. The Hall–Kier alpha value is -2.99. The van der Waals surface area contributed by atoms with E-state index in [-0.39, 0.29) is 18.3 Å². The van der Waals surface area contributed by atoms with Crippen molar-refractivity contribution in [3.8, 4) is 5.69 Å². The Kier molecular flexibility index (Phi) is 5.43. The van der Waals surface area contributed by atoms with Crippen LogP contribution in [-0.4, -0.2) is 34.2 Å². The predicted octanol–water partition coefficient (Wildman–Crippen LogP) is 3.39. The number of likely N-dealkylation sites (N-methyl/N-ethyl adjacent to an activating group) is 1. The van der Waals surface area contributed by atoms with E-state index in [2.05, 4.69) is 10.4 Å². The van der Waals surface area contributed by atoms with Crippen LogP contribution in [0.4, 0.5) is 10.2 Å². The minimum Gasteiger partial charge on any atom is -0.309 e. The smallest absolute Gasteiger partial charge is 0.239 e. The maximum absolute atomic E-state index is 13.1. The Balaban J connectivity index is 1.67. The normalized spacial score (nSPS) is 10.9. The van der Waals surface area contributed by atoms with Crippen molar-refractivity contribution in [2.45, 2.75) is 13.5 Å². The summed E-state index contributed by atoms with van der Waals surface area (Å²) in [5.74, 6) is 0.115. The van der Waals surface area contributed by atoms with Gasteiger partial charge >= 0.3 is 0 Å². The minimum atomic E-state index is -0.314. The molecule has 0 aliphatic carbocycles. The van der Waals surface area contributed by atoms with Gasteiger partial charge in [-0.15, -0.1) is 0 Å². The van der Waals surface area contributed by atoms with Gasteiger partial charge in [0.2, 0.25) is 5.91 Å². The summed E-state index contributed by atoms with van der Waals surface area (Å²) in [6.45, 7) is 2.78. The van der Waals surface area contributed by atoms with Crippen LogP contribution in [0.15, 0.2) is 60.7 Å². The fourth-order valence-corrected chi connectivity index (χ4v) is 2.75. The van der Waals surface area contributed by atoms with Gasteiger partial charge in [0.15, 0.2) is 0 Å². The fourth-order valence-electron chi connectivity index (χ4n) is 2.75. The molecule has 3 aromatic rings. The Morgan fingerprint density at radius 3 is 2.54 bits per heavy atom. The predicted molar refractivity (Wildman–Crippen MR) is 99.7 cm³/mol. The SMILES string of the molecule is Cc1cc(NC(=O)CN(C)Cc2ccccc2)n(-c2ccc(F)cc2)n1. The molecule has 0 bridgehead atoms. The highest BCUT2D eigenvalue weighted by Crippen LogP contribution is 2.17. The minimum absolute atomic E-state index is 0.133. The van der Waals surface area contributed by atoms with Crippen LogP contribution in [0.25, 0.3) is 5.69 Å². The van der Waals surface area contributed by atoms with Gasteiger partial charge in [-0.2, -0.15) is 5.10 Å². The first-order chi connectivity index (χ1) is 12.5. The maximum atomic E-state index is 13.1. The Bertz CT molecular complexity index is 875. The third kappa shape index (κ3) is 4.55. The zero-order valence-electron chi connectivity index (χ0n) is 14.8. The molecule has 26 heavy (non-hydrogen) atoms. The van der Waals surface area contributed by atoms with E-state index >= 15 is 0 Å². The first kappa shape index (κ1) is 17.8. The highest BCUT2D eigenvalue weighted by molar-refractivity contribution is 5.91. The molecule has 1 aromatic heterocycles.